The number of thiophene rings is 1. The number of methoxy groups -OCH3 is 2. The number of nitrogens with zero attached hydrogens (tertiary/aromatic N) is 2. The van der Waals surface area contributed by atoms with E-state index in [1.165, 1.54) is 18.4 Å². The molecule has 0 unspecified atom stereocenters. The molecule has 164 valence electrons. The van der Waals surface area contributed by atoms with Gasteiger partial charge >= 0.3 is 5.97 Å². The van der Waals surface area contributed by atoms with Crippen LogP contribution in [0.4, 0.5) is 0 Å². The van der Waals surface area contributed by atoms with E-state index < -0.39 is 0 Å². The highest BCUT2D eigenvalue weighted by atomic mass is 32.1. The molecule has 7 heteroatoms. The molecule has 0 aliphatic rings. The number of esters is 1. The Balaban J connectivity index is 1.81. The number of carbonyl (C=O) groups is 1. The SMILES string of the molecule is COC(=O)CCCn1c(Cc2ccccc2)nc2scc(-c3cccc(OC)c3)c2c1=O. The van der Waals surface area contributed by atoms with Crippen molar-refractivity contribution in [3.8, 4) is 16.9 Å². The van der Waals surface area contributed by atoms with Crippen molar-refractivity contribution < 1.29 is 14.3 Å². The largest absolute Gasteiger partial charge is 0.497 e. The minimum Gasteiger partial charge on any atom is -0.497 e. The van der Waals surface area contributed by atoms with E-state index in [2.05, 4.69) is 0 Å². The van der Waals surface area contributed by atoms with Gasteiger partial charge in [0.15, 0.2) is 0 Å². The van der Waals surface area contributed by atoms with Crippen LogP contribution in [0.15, 0.2) is 64.8 Å². The zero-order chi connectivity index (χ0) is 22.5. The molecule has 2 aromatic heterocycles. The molecular formula is C25H24N2O4S. The van der Waals surface area contributed by atoms with Gasteiger partial charge in [-0.05, 0) is 29.7 Å². The third kappa shape index (κ3) is 4.57. The lowest BCUT2D eigenvalue weighted by molar-refractivity contribution is -0.140. The summed E-state index contributed by atoms with van der Waals surface area (Å²) in [5, 5.41) is 2.57. The zero-order valence-corrected chi connectivity index (χ0v) is 18.9. The van der Waals surface area contributed by atoms with E-state index in [0.717, 1.165) is 22.4 Å². The van der Waals surface area contributed by atoms with Gasteiger partial charge in [-0.25, -0.2) is 4.98 Å². The van der Waals surface area contributed by atoms with E-state index in [0.29, 0.717) is 35.4 Å². The summed E-state index contributed by atoms with van der Waals surface area (Å²) in [4.78, 5) is 30.9. The topological polar surface area (TPSA) is 70.4 Å². The van der Waals surface area contributed by atoms with Crippen LogP contribution in [-0.4, -0.2) is 29.7 Å². The average molecular weight is 449 g/mol. The molecule has 4 aromatic rings. The number of ether oxygens (including phenoxy) is 2. The van der Waals surface area contributed by atoms with E-state index in [-0.39, 0.29) is 17.9 Å². The number of hydrogen-bond donors (Lipinski definition) is 0. The molecule has 0 radical (unpaired) electrons. The van der Waals surface area contributed by atoms with Crippen LogP contribution in [0.5, 0.6) is 5.75 Å². The van der Waals surface area contributed by atoms with Crippen LogP contribution in [0.25, 0.3) is 21.3 Å². The Morgan fingerprint density at radius 1 is 1.09 bits per heavy atom. The molecule has 0 saturated carbocycles. The molecular weight excluding hydrogens is 424 g/mol. The number of rotatable bonds is 8. The summed E-state index contributed by atoms with van der Waals surface area (Å²) in [5.41, 5.74) is 2.73. The first-order chi connectivity index (χ1) is 15.6. The molecule has 0 spiro atoms. The van der Waals surface area contributed by atoms with Crippen molar-refractivity contribution in [1.82, 2.24) is 9.55 Å². The van der Waals surface area contributed by atoms with Crippen LogP contribution >= 0.6 is 11.3 Å². The van der Waals surface area contributed by atoms with Crippen molar-refractivity contribution in [1.29, 1.82) is 0 Å². The van der Waals surface area contributed by atoms with Crippen LogP contribution in [-0.2, 0) is 22.5 Å². The van der Waals surface area contributed by atoms with Gasteiger partial charge in [0.1, 0.15) is 16.4 Å². The highest BCUT2D eigenvalue weighted by molar-refractivity contribution is 7.17. The van der Waals surface area contributed by atoms with E-state index >= 15 is 0 Å². The molecule has 2 aromatic carbocycles. The Labute approximate surface area is 190 Å². The summed E-state index contributed by atoms with van der Waals surface area (Å²) >= 11 is 1.46. The van der Waals surface area contributed by atoms with Crippen molar-refractivity contribution in [3.63, 3.8) is 0 Å². The van der Waals surface area contributed by atoms with Gasteiger partial charge in [-0.15, -0.1) is 11.3 Å². The van der Waals surface area contributed by atoms with Gasteiger partial charge in [-0.3, -0.25) is 14.2 Å². The summed E-state index contributed by atoms with van der Waals surface area (Å²) in [6.07, 6.45) is 1.29. The van der Waals surface area contributed by atoms with Crippen molar-refractivity contribution in [2.24, 2.45) is 0 Å². The van der Waals surface area contributed by atoms with Gasteiger partial charge in [-0.2, -0.15) is 0 Å². The van der Waals surface area contributed by atoms with Gasteiger partial charge in [-0.1, -0.05) is 42.5 Å². The number of hydrogen-bond acceptors (Lipinski definition) is 6. The third-order valence-corrected chi connectivity index (χ3v) is 6.22. The first kappa shape index (κ1) is 21.8. The van der Waals surface area contributed by atoms with E-state index in [9.17, 15) is 9.59 Å². The molecule has 0 aliphatic carbocycles. The summed E-state index contributed by atoms with van der Waals surface area (Å²) in [6, 6.07) is 17.6. The Kier molecular flexibility index (Phi) is 6.66. The van der Waals surface area contributed by atoms with Crippen LogP contribution < -0.4 is 10.3 Å². The first-order valence-corrected chi connectivity index (χ1v) is 11.2. The molecule has 0 atom stereocenters. The Bertz CT molecular complexity index is 1290. The maximum atomic E-state index is 13.7. The Hall–Kier alpha value is -3.45. The molecule has 0 saturated heterocycles. The van der Waals surface area contributed by atoms with Gasteiger partial charge in [0.05, 0.1) is 19.6 Å². The fraction of sp³-hybridized carbons (Fsp3) is 0.240. The van der Waals surface area contributed by atoms with E-state index in [1.807, 2.05) is 60.0 Å². The predicted molar refractivity (Wildman–Crippen MR) is 126 cm³/mol. The minimum atomic E-state index is -0.288. The Morgan fingerprint density at radius 3 is 2.66 bits per heavy atom. The average Bonchev–Trinajstić information content (AvgIpc) is 3.25. The number of carbonyl (C=O) groups excluding carboxylic acids is 1. The number of aromatic nitrogens is 2. The van der Waals surface area contributed by atoms with Gasteiger partial charge in [0.2, 0.25) is 0 Å². The standard InChI is InChI=1S/C25H24N2O4S/c1-30-19-11-6-10-18(15-19)20-16-32-24-23(20)25(29)27(13-7-12-22(28)31-2)21(26-24)14-17-8-4-3-5-9-17/h3-6,8-11,15-16H,7,12-14H2,1-2H3. The Morgan fingerprint density at radius 2 is 1.91 bits per heavy atom. The maximum absolute atomic E-state index is 13.7. The van der Waals surface area contributed by atoms with Gasteiger partial charge in [0.25, 0.3) is 5.56 Å². The molecule has 0 N–H and O–H groups in total. The quantitative estimate of drug-likeness (QED) is 0.366. The van der Waals surface area contributed by atoms with Gasteiger partial charge in [0, 0.05) is 30.3 Å². The zero-order valence-electron chi connectivity index (χ0n) is 18.0. The van der Waals surface area contributed by atoms with Gasteiger partial charge < -0.3 is 9.47 Å². The summed E-state index contributed by atoms with van der Waals surface area (Å²) in [6.45, 7) is 0.395. The fourth-order valence-electron chi connectivity index (χ4n) is 3.70. The van der Waals surface area contributed by atoms with E-state index in [4.69, 9.17) is 14.5 Å². The van der Waals surface area contributed by atoms with Crippen LogP contribution in [0.3, 0.4) is 0 Å². The van der Waals surface area contributed by atoms with Crippen LogP contribution in [0.2, 0.25) is 0 Å². The molecule has 0 aliphatic heterocycles. The molecule has 0 amide bonds. The van der Waals surface area contributed by atoms with Crippen molar-refractivity contribution in [3.05, 3.63) is 81.7 Å². The molecule has 2 heterocycles. The molecule has 6 nitrogen and oxygen atoms in total. The van der Waals surface area contributed by atoms with Crippen molar-refractivity contribution in [2.75, 3.05) is 14.2 Å². The molecule has 0 fully saturated rings. The molecule has 4 rings (SSSR count). The van der Waals surface area contributed by atoms with Crippen molar-refractivity contribution >= 4 is 27.5 Å². The summed E-state index contributed by atoms with van der Waals surface area (Å²) < 4.78 is 11.8. The lowest BCUT2D eigenvalue weighted by atomic mass is 10.1. The second-order valence-electron chi connectivity index (χ2n) is 7.39. The third-order valence-electron chi connectivity index (χ3n) is 5.35. The highest BCUT2D eigenvalue weighted by Gasteiger charge is 2.18. The highest BCUT2D eigenvalue weighted by Crippen LogP contribution is 2.33. The van der Waals surface area contributed by atoms with Crippen molar-refractivity contribution in [2.45, 2.75) is 25.8 Å². The lowest BCUT2D eigenvalue weighted by Crippen LogP contribution is -2.26. The summed E-state index contributed by atoms with van der Waals surface area (Å²) in [5.74, 6) is 1.14. The predicted octanol–water partition coefficient (Wildman–Crippen LogP) is 4.68. The monoisotopic (exact) mass is 448 g/mol. The first-order valence-electron chi connectivity index (χ1n) is 10.4. The smallest absolute Gasteiger partial charge is 0.305 e. The molecule has 32 heavy (non-hydrogen) atoms. The second-order valence-corrected chi connectivity index (χ2v) is 8.25. The van der Waals surface area contributed by atoms with E-state index in [1.54, 1.807) is 11.7 Å². The maximum Gasteiger partial charge on any atom is 0.305 e. The number of benzene rings is 2. The molecule has 0 bridgehead atoms. The number of fused-ring (bicyclic) bond motifs is 1. The van der Waals surface area contributed by atoms with Crippen LogP contribution in [0.1, 0.15) is 24.2 Å². The summed E-state index contributed by atoms with van der Waals surface area (Å²) in [7, 11) is 2.99. The fourth-order valence-corrected chi connectivity index (χ4v) is 4.65. The minimum absolute atomic E-state index is 0.0927. The van der Waals surface area contributed by atoms with Crippen LogP contribution in [0, 0.1) is 0 Å². The normalized spacial score (nSPS) is 10.9. The second kappa shape index (κ2) is 9.78. The lowest BCUT2D eigenvalue weighted by Gasteiger charge is -2.13.